The lowest BCUT2D eigenvalue weighted by molar-refractivity contribution is -0.114. The summed E-state index contributed by atoms with van der Waals surface area (Å²) in [5, 5.41) is 18.5. The van der Waals surface area contributed by atoms with Crippen LogP contribution in [0.5, 0.6) is 0 Å². The Morgan fingerprint density at radius 3 is 2.30 bits per heavy atom. The molecule has 30 heavy (non-hydrogen) atoms. The molecule has 0 aliphatic heterocycles. The SMILES string of the molecule is N#Cc1ccc(Cl)cc1NC(=O)CNc1ccccc1C(=O)Nc1ccc(Cl)cc1. The number of nitrogens with one attached hydrogen (secondary N) is 3. The highest BCUT2D eigenvalue weighted by Gasteiger charge is 2.13. The Balaban J connectivity index is 1.67. The van der Waals surface area contributed by atoms with Crippen LogP contribution in [0.3, 0.4) is 0 Å². The van der Waals surface area contributed by atoms with Crippen molar-refractivity contribution in [3.8, 4) is 6.07 Å². The number of carbonyl (C=O) groups excluding carboxylic acids is 2. The number of hydrogen-bond acceptors (Lipinski definition) is 4. The van der Waals surface area contributed by atoms with E-state index in [0.29, 0.717) is 38.2 Å². The number of benzene rings is 3. The molecule has 0 fully saturated rings. The largest absolute Gasteiger partial charge is 0.376 e. The molecule has 3 aromatic carbocycles. The maximum atomic E-state index is 12.6. The molecule has 0 heterocycles. The minimum atomic E-state index is -0.387. The molecule has 0 bridgehead atoms. The maximum absolute atomic E-state index is 12.6. The summed E-state index contributed by atoms with van der Waals surface area (Å²) < 4.78 is 0. The van der Waals surface area contributed by atoms with Gasteiger partial charge in [0.05, 0.1) is 23.4 Å². The van der Waals surface area contributed by atoms with Gasteiger partial charge in [0.15, 0.2) is 0 Å². The van der Waals surface area contributed by atoms with Gasteiger partial charge in [0.25, 0.3) is 5.91 Å². The van der Waals surface area contributed by atoms with Crippen LogP contribution < -0.4 is 16.0 Å². The van der Waals surface area contributed by atoms with Gasteiger partial charge in [-0.2, -0.15) is 5.26 Å². The van der Waals surface area contributed by atoms with Crippen molar-refractivity contribution in [1.29, 1.82) is 5.26 Å². The van der Waals surface area contributed by atoms with Crippen molar-refractivity contribution in [2.45, 2.75) is 0 Å². The van der Waals surface area contributed by atoms with Crippen molar-refractivity contribution < 1.29 is 9.59 Å². The van der Waals surface area contributed by atoms with Crippen molar-refractivity contribution in [3.05, 3.63) is 87.9 Å². The smallest absolute Gasteiger partial charge is 0.257 e. The molecule has 150 valence electrons. The normalized spacial score (nSPS) is 10.0. The molecule has 3 N–H and O–H groups in total. The van der Waals surface area contributed by atoms with Gasteiger partial charge in [-0.05, 0) is 54.6 Å². The molecule has 0 aromatic heterocycles. The Bertz CT molecular complexity index is 1120. The first-order chi connectivity index (χ1) is 14.5. The molecule has 0 atom stereocenters. The third kappa shape index (κ3) is 5.51. The molecule has 0 saturated heterocycles. The second-order valence-electron chi connectivity index (χ2n) is 6.21. The summed E-state index contributed by atoms with van der Waals surface area (Å²) in [6.07, 6.45) is 0. The van der Waals surface area contributed by atoms with Crippen LogP contribution in [0.4, 0.5) is 17.1 Å². The number of rotatable bonds is 6. The quantitative estimate of drug-likeness (QED) is 0.494. The summed E-state index contributed by atoms with van der Waals surface area (Å²) >= 11 is 11.8. The predicted octanol–water partition coefficient (Wildman–Crippen LogP) is 5.17. The summed E-state index contributed by atoms with van der Waals surface area (Å²) in [4.78, 5) is 25.0. The van der Waals surface area contributed by atoms with Gasteiger partial charge in [0.2, 0.25) is 5.91 Å². The average Bonchev–Trinajstić information content (AvgIpc) is 2.74. The Morgan fingerprint density at radius 2 is 1.57 bits per heavy atom. The van der Waals surface area contributed by atoms with E-state index in [0.717, 1.165) is 0 Å². The van der Waals surface area contributed by atoms with Crippen LogP contribution >= 0.6 is 23.2 Å². The molecule has 3 aromatic rings. The first kappa shape index (κ1) is 21.2. The molecule has 0 aliphatic carbocycles. The van der Waals surface area contributed by atoms with E-state index in [-0.39, 0.29) is 18.4 Å². The molecule has 0 spiro atoms. The van der Waals surface area contributed by atoms with Crippen LogP contribution in [0.25, 0.3) is 0 Å². The van der Waals surface area contributed by atoms with Crippen LogP contribution in [0.2, 0.25) is 10.0 Å². The van der Waals surface area contributed by atoms with E-state index >= 15 is 0 Å². The molecule has 0 unspecified atom stereocenters. The molecule has 3 rings (SSSR count). The minimum absolute atomic E-state index is 0.109. The van der Waals surface area contributed by atoms with Crippen molar-refractivity contribution >= 4 is 52.1 Å². The van der Waals surface area contributed by atoms with E-state index < -0.39 is 0 Å². The van der Waals surface area contributed by atoms with Gasteiger partial charge in [-0.1, -0.05) is 35.3 Å². The number of carbonyl (C=O) groups is 2. The standard InChI is InChI=1S/C22H16Cl2N4O2/c23-15-7-9-17(10-8-15)27-22(30)18-3-1-2-4-19(18)26-13-21(29)28-20-11-16(24)6-5-14(20)12-25/h1-11,26H,13H2,(H,27,30)(H,28,29). The van der Waals surface area contributed by atoms with E-state index in [4.69, 9.17) is 28.5 Å². The first-order valence-corrected chi connectivity index (χ1v) is 9.61. The zero-order valence-corrected chi connectivity index (χ0v) is 17.1. The second kappa shape index (κ2) is 9.79. The third-order valence-electron chi connectivity index (χ3n) is 4.09. The highest BCUT2D eigenvalue weighted by atomic mass is 35.5. The Morgan fingerprint density at radius 1 is 0.867 bits per heavy atom. The van der Waals surface area contributed by atoms with Crippen molar-refractivity contribution in [3.63, 3.8) is 0 Å². The Kier molecular flexibility index (Phi) is 6.91. The zero-order chi connectivity index (χ0) is 21.5. The van der Waals surface area contributed by atoms with E-state index in [2.05, 4.69) is 16.0 Å². The van der Waals surface area contributed by atoms with E-state index in [9.17, 15) is 9.59 Å². The highest BCUT2D eigenvalue weighted by molar-refractivity contribution is 6.31. The topological polar surface area (TPSA) is 94.0 Å². The second-order valence-corrected chi connectivity index (χ2v) is 7.08. The number of hydrogen-bond donors (Lipinski definition) is 3. The highest BCUT2D eigenvalue weighted by Crippen LogP contribution is 2.21. The summed E-state index contributed by atoms with van der Waals surface area (Å²) in [5.74, 6) is -0.718. The van der Waals surface area contributed by atoms with Crippen molar-refractivity contribution in [2.24, 2.45) is 0 Å². The number of anilines is 3. The molecular formula is C22H16Cl2N4O2. The van der Waals surface area contributed by atoms with Crippen LogP contribution in [0.15, 0.2) is 66.7 Å². The van der Waals surface area contributed by atoms with Crippen LogP contribution in [-0.2, 0) is 4.79 Å². The van der Waals surface area contributed by atoms with Gasteiger partial charge in [-0.3, -0.25) is 9.59 Å². The van der Waals surface area contributed by atoms with Gasteiger partial charge in [0.1, 0.15) is 6.07 Å². The van der Waals surface area contributed by atoms with Gasteiger partial charge < -0.3 is 16.0 Å². The zero-order valence-electron chi connectivity index (χ0n) is 15.6. The fourth-order valence-corrected chi connectivity index (χ4v) is 2.95. The first-order valence-electron chi connectivity index (χ1n) is 8.85. The lowest BCUT2D eigenvalue weighted by Crippen LogP contribution is -2.23. The number of para-hydroxylation sites is 1. The summed E-state index contributed by atoms with van der Waals surface area (Å²) in [6, 6.07) is 20.2. The molecular weight excluding hydrogens is 423 g/mol. The molecule has 8 heteroatoms. The maximum Gasteiger partial charge on any atom is 0.257 e. The molecule has 0 aliphatic rings. The lowest BCUT2D eigenvalue weighted by Gasteiger charge is -2.13. The molecule has 2 amide bonds. The number of nitrogens with zero attached hydrogens (tertiary/aromatic N) is 1. The summed E-state index contributed by atoms with van der Waals surface area (Å²) in [5.41, 5.74) is 2.09. The van der Waals surface area contributed by atoms with E-state index in [1.54, 1.807) is 54.6 Å². The fraction of sp³-hybridized carbons (Fsp3) is 0.0455. The minimum Gasteiger partial charge on any atom is -0.376 e. The molecule has 6 nitrogen and oxygen atoms in total. The monoisotopic (exact) mass is 438 g/mol. The molecule has 0 saturated carbocycles. The van der Waals surface area contributed by atoms with Crippen LogP contribution in [-0.4, -0.2) is 18.4 Å². The number of halogens is 2. The van der Waals surface area contributed by atoms with Gasteiger partial charge in [-0.15, -0.1) is 0 Å². The summed E-state index contributed by atoms with van der Waals surface area (Å²) in [6.45, 7) is -0.109. The Labute approximate surface area is 183 Å². The third-order valence-corrected chi connectivity index (χ3v) is 4.58. The van der Waals surface area contributed by atoms with Gasteiger partial charge in [-0.25, -0.2) is 0 Å². The van der Waals surface area contributed by atoms with E-state index in [1.807, 2.05) is 6.07 Å². The number of amides is 2. The lowest BCUT2D eigenvalue weighted by atomic mass is 10.1. The van der Waals surface area contributed by atoms with Crippen molar-refractivity contribution in [2.75, 3.05) is 22.5 Å². The average molecular weight is 439 g/mol. The van der Waals surface area contributed by atoms with E-state index in [1.165, 1.54) is 12.1 Å². The van der Waals surface area contributed by atoms with Gasteiger partial charge >= 0.3 is 0 Å². The van der Waals surface area contributed by atoms with Crippen LogP contribution in [0.1, 0.15) is 15.9 Å². The number of nitriles is 1. The van der Waals surface area contributed by atoms with Crippen molar-refractivity contribution in [1.82, 2.24) is 0 Å². The fourth-order valence-electron chi connectivity index (χ4n) is 2.65. The Hall–Kier alpha value is -3.53. The van der Waals surface area contributed by atoms with Crippen LogP contribution in [0, 0.1) is 11.3 Å². The molecule has 0 radical (unpaired) electrons. The summed E-state index contributed by atoms with van der Waals surface area (Å²) in [7, 11) is 0. The van der Waals surface area contributed by atoms with Gasteiger partial charge in [0, 0.05) is 21.4 Å². The predicted molar refractivity (Wildman–Crippen MR) is 119 cm³/mol.